The van der Waals surface area contributed by atoms with E-state index in [1.807, 2.05) is 0 Å². The largest absolute Gasteiger partial charge is 0.364 e. The van der Waals surface area contributed by atoms with E-state index in [1.54, 1.807) is 0 Å². The van der Waals surface area contributed by atoms with Gasteiger partial charge in [0.2, 0.25) is 5.69 Å². The fourth-order valence-electron chi connectivity index (χ4n) is 0.607. The number of hydrogen-bond acceptors (Lipinski definition) is 4. The van der Waals surface area contributed by atoms with Gasteiger partial charge in [0.05, 0.1) is 0 Å². The van der Waals surface area contributed by atoms with Crippen LogP contribution in [0.15, 0.2) is 6.33 Å². The zero-order chi connectivity index (χ0) is 8.43. The fourth-order valence-corrected chi connectivity index (χ4v) is 0.607. The normalized spacial score (nSPS) is 9.45. The maximum Gasteiger partial charge on any atom is 0.353 e. The van der Waals surface area contributed by atoms with Gasteiger partial charge in [-0.3, -0.25) is 4.79 Å². The standard InChI is InChI=1S/C4H4N4O3/c5-3(9)2-4(8(10)11)7-1-6-2/h1H,(H2,5,9)(H,6,7)/i5+1. The molecule has 7 nitrogen and oxygen atoms in total. The molecule has 0 aliphatic heterocycles. The van der Waals surface area contributed by atoms with E-state index in [9.17, 15) is 14.9 Å². The van der Waals surface area contributed by atoms with Crippen molar-refractivity contribution in [3.05, 3.63) is 22.1 Å². The van der Waals surface area contributed by atoms with E-state index in [4.69, 9.17) is 5.73 Å². The molecule has 0 saturated carbocycles. The Labute approximate surface area is 60.4 Å². The fraction of sp³-hybridized carbons (Fsp3) is 0. The number of nitrogens with one attached hydrogen (secondary N) is 1. The van der Waals surface area contributed by atoms with Gasteiger partial charge in [0, 0.05) is 0 Å². The van der Waals surface area contributed by atoms with E-state index in [2.05, 4.69) is 9.97 Å². The van der Waals surface area contributed by atoms with Gasteiger partial charge < -0.3 is 15.8 Å². The molecule has 1 rings (SSSR count). The summed E-state index contributed by atoms with van der Waals surface area (Å²) in [7, 11) is 0. The van der Waals surface area contributed by atoms with Gasteiger partial charge in [-0.15, -0.1) is 0 Å². The minimum absolute atomic E-state index is 0.352. The Morgan fingerprint density at radius 3 is 2.82 bits per heavy atom. The third kappa shape index (κ3) is 1.16. The number of nitrogens with two attached hydrogens (primary N) is 1. The van der Waals surface area contributed by atoms with Crippen LogP contribution < -0.4 is 5.73 Å². The van der Waals surface area contributed by atoms with Crippen LogP contribution in [0.1, 0.15) is 10.5 Å². The minimum Gasteiger partial charge on any atom is -0.364 e. The number of nitro groups is 1. The van der Waals surface area contributed by atoms with Crippen LogP contribution in [0.25, 0.3) is 0 Å². The second kappa shape index (κ2) is 2.37. The molecule has 0 saturated heterocycles. The number of H-pyrrole nitrogens is 1. The highest BCUT2D eigenvalue weighted by Crippen LogP contribution is 2.10. The van der Waals surface area contributed by atoms with Gasteiger partial charge in [-0.2, -0.15) is 0 Å². The number of hydrogen-bond donors (Lipinski definition) is 2. The lowest BCUT2D eigenvalue weighted by Crippen LogP contribution is -2.13. The summed E-state index contributed by atoms with van der Waals surface area (Å²) in [6, 6.07) is 0. The summed E-state index contributed by atoms with van der Waals surface area (Å²) in [5, 5.41) is 10.1. The monoisotopic (exact) mass is 157 g/mol. The van der Waals surface area contributed by atoms with Crippen molar-refractivity contribution >= 4 is 11.7 Å². The molecule has 3 N–H and O–H groups in total. The Balaban J connectivity index is 3.16. The number of imidazole rings is 1. The lowest BCUT2D eigenvalue weighted by Gasteiger charge is -1.90. The van der Waals surface area contributed by atoms with Crippen molar-refractivity contribution in [2.45, 2.75) is 0 Å². The third-order valence-electron chi connectivity index (χ3n) is 1.04. The molecule has 0 aromatic carbocycles. The van der Waals surface area contributed by atoms with Crippen molar-refractivity contribution in [3.8, 4) is 0 Å². The highest BCUT2D eigenvalue weighted by Gasteiger charge is 2.19. The summed E-state index contributed by atoms with van der Waals surface area (Å²) in [4.78, 5) is 25.3. The second-order valence-corrected chi connectivity index (χ2v) is 1.72. The maximum absolute atomic E-state index is 10.4. The van der Waals surface area contributed by atoms with Gasteiger partial charge in [0.1, 0.15) is 0 Å². The maximum atomic E-state index is 10.4. The van der Waals surface area contributed by atoms with E-state index in [0.717, 1.165) is 6.33 Å². The second-order valence-electron chi connectivity index (χ2n) is 1.72. The Kier molecular flexibility index (Phi) is 1.55. The molecule has 1 aromatic rings. The van der Waals surface area contributed by atoms with Crippen molar-refractivity contribution in [1.29, 1.82) is 0 Å². The molecule has 0 fully saturated rings. The topological polar surface area (TPSA) is 115 Å². The van der Waals surface area contributed by atoms with Gasteiger partial charge in [-0.05, 0) is 4.92 Å². The summed E-state index contributed by atoms with van der Waals surface area (Å²) in [5.74, 6) is -1.39. The summed E-state index contributed by atoms with van der Waals surface area (Å²) >= 11 is 0. The molecular weight excluding hydrogens is 153 g/mol. The first kappa shape index (κ1) is 7.19. The number of carbonyl (C=O) groups is 1. The number of primary amides is 1. The quantitative estimate of drug-likeness (QED) is 0.339. The number of rotatable bonds is 2. The summed E-state index contributed by atoms with van der Waals surface area (Å²) in [5.41, 5.74) is 4.42. The first-order valence-electron chi connectivity index (χ1n) is 2.60. The van der Waals surface area contributed by atoms with E-state index in [0.29, 0.717) is 0 Å². The van der Waals surface area contributed by atoms with Crippen molar-refractivity contribution in [2.75, 3.05) is 0 Å². The van der Waals surface area contributed by atoms with Gasteiger partial charge >= 0.3 is 5.82 Å². The highest BCUT2D eigenvalue weighted by atomic mass is 16.6. The average molecular weight is 157 g/mol. The Hall–Kier alpha value is -1.92. The summed E-state index contributed by atoms with van der Waals surface area (Å²) in [6.07, 6.45) is 1.04. The van der Waals surface area contributed by atoms with Gasteiger partial charge in [-0.25, -0.2) is 9.97 Å². The zero-order valence-electron chi connectivity index (χ0n) is 5.27. The molecule has 11 heavy (non-hydrogen) atoms. The number of aromatic amines is 1. The van der Waals surface area contributed by atoms with Crippen LogP contribution in [0, 0.1) is 10.1 Å². The molecular formula is C4H4N4O3. The van der Waals surface area contributed by atoms with Crippen LogP contribution in [-0.2, 0) is 0 Å². The van der Waals surface area contributed by atoms with Crippen LogP contribution in [0.3, 0.4) is 0 Å². The molecule has 1 aromatic heterocycles. The van der Waals surface area contributed by atoms with Crippen molar-refractivity contribution in [3.63, 3.8) is 0 Å². The number of amides is 1. The van der Waals surface area contributed by atoms with Gasteiger partial charge in [-0.1, -0.05) is 0 Å². The lowest BCUT2D eigenvalue weighted by atomic mass is 10.4. The van der Waals surface area contributed by atoms with Gasteiger partial charge in [0.15, 0.2) is 6.33 Å². The van der Waals surface area contributed by atoms with Crippen molar-refractivity contribution in [1.82, 2.24) is 9.97 Å². The van der Waals surface area contributed by atoms with E-state index < -0.39 is 16.6 Å². The molecule has 1 amide bonds. The summed E-state index contributed by atoms with van der Waals surface area (Å²) in [6.45, 7) is 0. The SMILES string of the molecule is [15NH2]C(=O)c1nc[nH]c1[N+](=O)[O-]. The molecule has 0 spiro atoms. The molecule has 0 aliphatic rings. The predicted octanol–water partition coefficient (Wildman–Crippen LogP) is -0.583. The molecule has 0 aliphatic carbocycles. The molecule has 0 atom stereocenters. The smallest absolute Gasteiger partial charge is 0.353 e. The van der Waals surface area contributed by atoms with E-state index >= 15 is 0 Å². The molecule has 7 heteroatoms. The van der Waals surface area contributed by atoms with E-state index in [-0.39, 0.29) is 5.69 Å². The zero-order valence-corrected chi connectivity index (χ0v) is 5.27. The minimum atomic E-state index is -0.919. The Morgan fingerprint density at radius 2 is 2.45 bits per heavy atom. The van der Waals surface area contributed by atoms with Crippen molar-refractivity contribution < 1.29 is 9.72 Å². The number of nitrogens with zero attached hydrogens (tertiary/aromatic N) is 2. The van der Waals surface area contributed by atoms with Gasteiger partial charge in [0.25, 0.3) is 5.91 Å². The number of aromatic nitrogens is 2. The number of carbonyl (C=O) groups excluding carboxylic acids is 1. The highest BCUT2D eigenvalue weighted by molar-refractivity contribution is 5.94. The van der Waals surface area contributed by atoms with E-state index in [1.165, 1.54) is 0 Å². The van der Waals surface area contributed by atoms with Crippen LogP contribution in [0.4, 0.5) is 5.82 Å². The first-order valence-corrected chi connectivity index (χ1v) is 2.60. The predicted molar refractivity (Wildman–Crippen MR) is 33.8 cm³/mol. The first-order chi connectivity index (χ1) is 5.13. The lowest BCUT2D eigenvalue weighted by molar-refractivity contribution is -0.389. The molecule has 1 heterocycles. The Bertz CT molecular complexity index is 276. The van der Waals surface area contributed by atoms with Crippen molar-refractivity contribution in [2.24, 2.45) is 5.73 Å². The third-order valence-corrected chi connectivity index (χ3v) is 1.04. The van der Waals surface area contributed by atoms with Crippen LogP contribution in [0.2, 0.25) is 0 Å². The molecule has 0 radical (unpaired) electrons. The van der Waals surface area contributed by atoms with Crippen LogP contribution in [-0.4, -0.2) is 20.8 Å². The summed E-state index contributed by atoms with van der Waals surface area (Å²) < 4.78 is 0. The average Bonchev–Trinajstić information content (AvgIpc) is 2.32. The molecule has 0 unspecified atom stereocenters. The van der Waals surface area contributed by atoms with Crippen LogP contribution in [0.5, 0.6) is 0 Å². The Morgan fingerprint density at radius 1 is 1.82 bits per heavy atom. The molecule has 0 bridgehead atoms. The molecule has 58 valence electrons. The van der Waals surface area contributed by atoms with Crippen LogP contribution >= 0.6 is 0 Å².